The molecule has 0 aliphatic carbocycles. The summed E-state index contributed by atoms with van der Waals surface area (Å²) >= 11 is 5.76. The molecule has 0 saturated carbocycles. The van der Waals surface area contributed by atoms with Gasteiger partial charge in [0, 0.05) is 11.1 Å². The number of benzene rings is 1. The number of hydrogen-bond donors (Lipinski definition) is 1. The average Bonchev–Trinajstić information content (AvgIpc) is 2.36. The minimum absolute atomic E-state index is 0.0822. The van der Waals surface area contributed by atoms with Gasteiger partial charge in [0.25, 0.3) is 5.91 Å². The van der Waals surface area contributed by atoms with E-state index in [9.17, 15) is 4.79 Å². The first-order valence-corrected chi connectivity index (χ1v) is 6.57. The Morgan fingerprint density at radius 1 is 1.37 bits per heavy atom. The molecule has 0 aromatic heterocycles. The highest BCUT2D eigenvalue weighted by Gasteiger charge is 2.10. The van der Waals surface area contributed by atoms with E-state index >= 15 is 0 Å². The molecule has 0 aliphatic heterocycles. The number of hydrogen-bond acceptors (Lipinski definition) is 3. The first-order chi connectivity index (χ1) is 8.99. The van der Waals surface area contributed by atoms with Gasteiger partial charge in [0.15, 0.2) is 6.61 Å². The zero-order chi connectivity index (χ0) is 14.3. The van der Waals surface area contributed by atoms with Crippen LogP contribution in [0.4, 0.5) is 0 Å². The Labute approximate surface area is 118 Å². The van der Waals surface area contributed by atoms with Crippen molar-refractivity contribution in [2.45, 2.75) is 26.8 Å². The second kappa shape index (κ2) is 7.79. The lowest BCUT2D eigenvalue weighted by Gasteiger charge is -2.16. The van der Waals surface area contributed by atoms with Crippen molar-refractivity contribution in [2.24, 2.45) is 11.1 Å². The summed E-state index contributed by atoms with van der Waals surface area (Å²) in [5, 5.41) is 7.23. The minimum Gasteiger partial charge on any atom is -0.386 e. The van der Waals surface area contributed by atoms with Crippen molar-refractivity contribution in [2.75, 3.05) is 6.61 Å². The van der Waals surface area contributed by atoms with Crippen LogP contribution < -0.4 is 5.32 Å². The molecule has 1 unspecified atom stereocenters. The van der Waals surface area contributed by atoms with Gasteiger partial charge >= 0.3 is 0 Å². The summed E-state index contributed by atoms with van der Waals surface area (Å²) in [6.45, 7) is 5.97. The molecule has 1 aromatic carbocycles. The molecule has 104 valence electrons. The molecule has 0 aliphatic rings. The number of amides is 1. The number of nitrogens with zero attached hydrogens (tertiary/aromatic N) is 1. The Bertz CT molecular complexity index is 430. The lowest BCUT2D eigenvalue weighted by Crippen LogP contribution is -2.38. The molecule has 1 amide bonds. The Morgan fingerprint density at radius 2 is 2.00 bits per heavy atom. The largest absolute Gasteiger partial charge is 0.386 e. The summed E-state index contributed by atoms with van der Waals surface area (Å²) in [5.41, 5.74) is 0.861. The van der Waals surface area contributed by atoms with Crippen molar-refractivity contribution >= 4 is 23.7 Å². The van der Waals surface area contributed by atoms with Crippen molar-refractivity contribution < 1.29 is 9.63 Å². The molecule has 1 atom stereocenters. The van der Waals surface area contributed by atoms with Crippen LogP contribution in [-0.2, 0) is 9.63 Å². The van der Waals surface area contributed by atoms with Gasteiger partial charge < -0.3 is 10.2 Å². The molecule has 1 aromatic rings. The Balaban J connectivity index is 2.30. The van der Waals surface area contributed by atoms with Crippen LogP contribution in [0.15, 0.2) is 29.4 Å². The lowest BCUT2D eigenvalue weighted by molar-refractivity contribution is -0.126. The van der Waals surface area contributed by atoms with E-state index in [1.807, 2.05) is 32.9 Å². The summed E-state index contributed by atoms with van der Waals surface area (Å²) < 4.78 is 0. The van der Waals surface area contributed by atoms with Crippen LogP contribution in [-0.4, -0.2) is 24.8 Å². The fourth-order valence-corrected chi connectivity index (χ4v) is 1.33. The van der Waals surface area contributed by atoms with Crippen molar-refractivity contribution in [3.63, 3.8) is 0 Å². The van der Waals surface area contributed by atoms with Crippen LogP contribution in [0.5, 0.6) is 0 Å². The summed E-state index contributed by atoms with van der Waals surface area (Å²) in [5.74, 6) is 0.218. The smallest absolute Gasteiger partial charge is 0.260 e. The van der Waals surface area contributed by atoms with Gasteiger partial charge in [-0.15, -0.1) is 0 Å². The summed E-state index contributed by atoms with van der Waals surface area (Å²) in [7, 11) is 0. The molecule has 19 heavy (non-hydrogen) atoms. The van der Waals surface area contributed by atoms with Crippen molar-refractivity contribution in [1.82, 2.24) is 5.32 Å². The molecule has 0 spiro atoms. The number of oxime groups is 1. The van der Waals surface area contributed by atoms with Gasteiger partial charge in [-0.2, -0.15) is 0 Å². The fraction of sp³-hybridized carbons (Fsp3) is 0.429. The van der Waals surface area contributed by atoms with Gasteiger partial charge in [0.2, 0.25) is 0 Å². The molecule has 1 rings (SSSR count). The highest BCUT2D eigenvalue weighted by Crippen LogP contribution is 2.07. The summed E-state index contributed by atoms with van der Waals surface area (Å²) in [6, 6.07) is 7.28. The van der Waals surface area contributed by atoms with Gasteiger partial charge in [0.1, 0.15) is 0 Å². The Hall–Kier alpha value is -1.55. The van der Waals surface area contributed by atoms with E-state index < -0.39 is 0 Å². The van der Waals surface area contributed by atoms with Crippen molar-refractivity contribution in [1.29, 1.82) is 0 Å². The van der Waals surface area contributed by atoms with Crippen LogP contribution >= 0.6 is 11.6 Å². The molecule has 1 N–H and O–H groups in total. The minimum atomic E-state index is -0.172. The molecule has 0 saturated heterocycles. The Kier molecular flexibility index (Phi) is 6.36. The van der Waals surface area contributed by atoms with Gasteiger partial charge in [-0.25, -0.2) is 0 Å². The second-order valence-corrected chi connectivity index (χ2v) is 5.10. The molecule has 0 heterocycles. The fourth-order valence-electron chi connectivity index (χ4n) is 1.21. The van der Waals surface area contributed by atoms with E-state index in [0.29, 0.717) is 10.9 Å². The van der Waals surface area contributed by atoms with Gasteiger partial charge in [-0.3, -0.25) is 4.79 Å². The highest BCUT2D eigenvalue weighted by atomic mass is 35.5. The zero-order valence-corrected chi connectivity index (χ0v) is 12.1. The average molecular weight is 283 g/mol. The molecule has 5 heteroatoms. The molecular weight excluding hydrogens is 264 g/mol. The molecule has 0 bridgehead atoms. The quantitative estimate of drug-likeness (QED) is 0.644. The molecule has 0 radical (unpaired) electrons. The van der Waals surface area contributed by atoms with Gasteiger partial charge in [-0.05, 0) is 30.5 Å². The summed E-state index contributed by atoms with van der Waals surface area (Å²) in [4.78, 5) is 16.4. The SMILES string of the molecule is CC(C)C(C)NC(=O)CO/N=C/c1ccc(Cl)cc1. The van der Waals surface area contributed by atoms with E-state index in [0.717, 1.165) is 5.56 Å². The number of halogens is 1. The van der Waals surface area contributed by atoms with Gasteiger partial charge in [-0.1, -0.05) is 42.7 Å². The Morgan fingerprint density at radius 3 is 2.58 bits per heavy atom. The van der Waals surface area contributed by atoms with E-state index in [2.05, 4.69) is 10.5 Å². The predicted molar refractivity (Wildman–Crippen MR) is 77.4 cm³/mol. The summed E-state index contributed by atoms with van der Waals surface area (Å²) in [6.07, 6.45) is 1.54. The molecular formula is C14H19ClN2O2. The van der Waals surface area contributed by atoms with E-state index in [1.165, 1.54) is 6.21 Å². The first-order valence-electron chi connectivity index (χ1n) is 6.19. The first kappa shape index (κ1) is 15.5. The maximum atomic E-state index is 11.5. The van der Waals surface area contributed by atoms with Crippen molar-refractivity contribution in [3.05, 3.63) is 34.9 Å². The third kappa shape index (κ3) is 6.25. The number of carbonyl (C=O) groups is 1. The lowest BCUT2D eigenvalue weighted by atomic mass is 10.1. The van der Waals surface area contributed by atoms with E-state index in [4.69, 9.17) is 16.4 Å². The maximum absolute atomic E-state index is 11.5. The number of rotatable bonds is 6. The van der Waals surface area contributed by atoms with E-state index in [1.54, 1.807) is 12.1 Å². The van der Waals surface area contributed by atoms with Crippen LogP contribution in [0.3, 0.4) is 0 Å². The van der Waals surface area contributed by atoms with Crippen LogP contribution in [0, 0.1) is 5.92 Å². The third-order valence-electron chi connectivity index (χ3n) is 2.73. The predicted octanol–water partition coefficient (Wildman–Crippen LogP) is 2.85. The van der Waals surface area contributed by atoms with E-state index in [-0.39, 0.29) is 18.6 Å². The number of nitrogens with one attached hydrogen (secondary N) is 1. The van der Waals surface area contributed by atoms with Crippen molar-refractivity contribution in [3.8, 4) is 0 Å². The highest BCUT2D eigenvalue weighted by molar-refractivity contribution is 6.30. The molecule has 4 nitrogen and oxygen atoms in total. The van der Waals surface area contributed by atoms with Gasteiger partial charge in [0.05, 0.1) is 6.21 Å². The van der Waals surface area contributed by atoms with Crippen LogP contribution in [0.1, 0.15) is 26.3 Å². The normalized spacial score (nSPS) is 12.7. The monoisotopic (exact) mass is 282 g/mol. The standard InChI is InChI=1S/C14H19ClN2O2/c1-10(2)11(3)17-14(18)9-19-16-8-12-4-6-13(15)7-5-12/h4-8,10-11H,9H2,1-3H3,(H,17,18)/b16-8+. The van der Waals surface area contributed by atoms with Crippen LogP contribution in [0.25, 0.3) is 0 Å². The number of carbonyl (C=O) groups excluding carboxylic acids is 1. The maximum Gasteiger partial charge on any atom is 0.260 e. The topological polar surface area (TPSA) is 50.7 Å². The second-order valence-electron chi connectivity index (χ2n) is 4.66. The molecule has 0 fully saturated rings. The van der Waals surface area contributed by atoms with Crippen LogP contribution in [0.2, 0.25) is 5.02 Å². The third-order valence-corrected chi connectivity index (χ3v) is 2.98. The zero-order valence-electron chi connectivity index (χ0n) is 11.4.